The Bertz CT molecular complexity index is 1010. The highest BCUT2D eigenvalue weighted by Gasteiger charge is 2.25. The van der Waals surface area contributed by atoms with Gasteiger partial charge in [-0.15, -0.1) is 0 Å². The van der Waals surface area contributed by atoms with Crippen LogP contribution in [0.5, 0.6) is 0 Å². The molecule has 1 heterocycles. The fourth-order valence-corrected chi connectivity index (χ4v) is 3.83. The van der Waals surface area contributed by atoms with Crippen LogP contribution >= 0.6 is 0 Å². The van der Waals surface area contributed by atoms with Gasteiger partial charge in [0.25, 0.3) is 0 Å². The van der Waals surface area contributed by atoms with Crippen LogP contribution in [0.1, 0.15) is 42.5 Å². The van der Waals surface area contributed by atoms with Gasteiger partial charge in [0.15, 0.2) is 0 Å². The quantitative estimate of drug-likeness (QED) is 0.661. The number of nitrogens with zero attached hydrogens (tertiary/aromatic N) is 2. The normalized spacial score (nSPS) is 11.6. The van der Waals surface area contributed by atoms with Crippen molar-refractivity contribution < 1.29 is 18.3 Å². The van der Waals surface area contributed by atoms with Crippen LogP contribution < -0.4 is 4.72 Å². The topological polar surface area (TPSA) is 92.8 Å². The van der Waals surface area contributed by atoms with Crippen molar-refractivity contribution in [2.24, 2.45) is 7.05 Å². The maximum Gasteiger partial charge on any atom is 0.351 e. The summed E-state index contributed by atoms with van der Waals surface area (Å²) in [5, 5.41) is 9.16. The van der Waals surface area contributed by atoms with E-state index in [1.807, 2.05) is 19.1 Å². The van der Waals surface area contributed by atoms with E-state index in [-0.39, 0.29) is 5.69 Å². The second-order valence-corrected chi connectivity index (χ2v) is 9.10. The molecule has 0 amide bonds. The average molecular weight is 404 g/mol. The minimum Gasteiger partial charge on any atom is -0.477 e. The van der Waals surface area contributed by atoms with Gasteiger partial charge in [-0.3, -0.25) is 0 Å². The van der Waals surface area contributed by atoms with Crippen molar-refractivity contribution in [1.82, 2.24) is 9.29 Å². The van der Waals surface area contributed by atoms with Crippen LogP contribution in [-0.2, 0) is 29.9 Å². The molecular weight excluding hydrogens is 378 g/mol. The molecule has 0 radical (unpaired) electrons. The zero-order chi connectivity index (χ0) is 21.1. The molecule has 0 atom stereocenters. The molecule has 0 saturated carbocycles. The predicted octanol–water partition coefficient (Wildman–Crippen LogP) is 3.37. The number of nitrogens with one attached hydrogen (secondary N) is 1. The molecule has 0 fully saturated rings. The molecule has 0 bridgehead atoms. The number of carbonyl (C=O) groups is 1. The minimum atomic E-state index is -3.30. The highest BCUT2D eigenvalue weighted by molar-refractivity contribution is 7.90. The summed E-state index contributed by atoms with van der Waals surface area (Å²) in [5.74, 6) is -1.07. The second-order valence-electron chi connectivity index (χ2n) is 6.78. The van der Waals surface area contributed by atoms with Crippen LogP contribution in [-0.4, -0.2) is 35.9 Å². The summed E-state index contributed by atoms with van der Waals surface area (Å²) < 4.78 is 27.7. The monoisotopic (exact) mass is 403 g/mol. The molecule has 1 aromatic carbocycles. The van der Waals surface area contributed by atoms with E-state index in [1.54, 1.807) is 37.6 Å². The van der Waals surface area contributed by atoms with Crippen molar-refractivity contribution in [2.75, 3.05) is 6.54 Å². The number of sulfonamides is 1. The zero-order valence-electron chi connectivity index (χ0n) is 16.5. The Kier molecular flexibility index (Phi) is 6.65. The van der Waals surface area contributed by atoms with Gasteiger partial charge >= 0.3 is 5.97 Å². The number of carboxylic acid groups (broad SMARTS) is 1. The van der Waals surface area contributed by atoms with Crippen molar-refractivity contribution in [3.63, 3.8) is 0 Å². The van der Waals surface area contributed by atoms with E-state index >= 15 is 0 Å². The second kappa shape index (κ2) is 8.59. The Hall–Kier alpha value is -2.63. The molecule has 0 unspecified atom stereocenters. The van der Waals surface area contributed by atoms with Gasteiger partial charge in [0.1, 0.15) is 5.69 Å². The lowest BCUT2D eigenvalue weighted by Crippen LogP contribution is -2.32. The van der Waals surface area contributed by atoms with Gasteiger partial charge in [-0.05, 0) is 37.8 Å². The number of aromatic nitrogens is 1. The number of benzene rings is 1. The molecule has 28 heavy (non-hydrogen) atoms. The maximum atomic E-state index is 11.8. The van der Waals surface area contributed by atoms with Gasteiger partial charge in [-0.25, -0.2) is 22.8 Å². The predicted molar refractivity (Wildman–Crippen MR) is 109 cm³/mol. The Balaban J connectivity index is 2.32. The van der Waals surface area contributed by atoms with E-state index in [0.717, 1.165) is 5.56 Å². The molecular formula is C20H25N3O4S. The lowest BCUT2D eigenvalue weighted by Gasteiger charge is -2.10. The van der Waals surface area contributed by atoms with Crippen LogP contribution in [0.25, 0.3) is 16.0 Å². The van der Waals surface area contributed by atoms with Gasteiger partial charge < -0.3 is 9.67 Å². The molecule has 2 N–H and O–H groups in total. The maximum absolute atomic E-state index is 11.8. The Labute approximate surface area is 165 Å². The lowest BCUT2D eigenvalue weighted by molar-refractivity contribution is 0.0687. The van der Waals surface area contributed by atoms with E-state index < -0.39 is 21.2 Å². The summed E-state index contributed by atoms with van der Waals surface area (Å²) in [6.07, 6.45) is 1.07. The first-order chi connectivity index (χ1) is 13.1. The number of carboxylic acids is 1. The third-order valence-electron chi connectivity index (χ3n) is 4.72. The molecule has 1 aromatic heterocycles. The van der Waals surface area contributed by atoms with Crippen LogP contribution in [0.3, 0.4) is 0 Å². The summed E-state index contributed by atoms with van der Waals surface area (Å²) in [4.78, 5) is 15.4. The summed E-state index contributed by atoms with van der Waals surface area (Å²) in [6.45, 7) is 12.9. The standard InChI is InChI=1S/C20H25N3O4S/c1-6-16-18(21-4)17(19(20(24)25)23(16)5)15-9-7-14(8-10-15)11-12-22-28(26,27)13(2)3/h7-10,13,22H,6,11-12H2,1-3,5H3,(H,24,25). The highest BCUT2D eigenvalue weighted by Crippen LogP contribution is 2.39. The first kappa shape index (κ1) is 21.7. The molecule has 8 heteroatoms. The Morgan fingerprint density at radius 1 is 1.29 bits per heavy atom. The minimum absolute atomic E-state index is 0.0975. The smallest absolute Gasteiger partial charge is 0.351 e. The van der Waals surface area contributed by atoms with Gasteiger partial charge in [0.2, 0.25) is 15.7 Å². The summed E-state index contributed by atoms with van der Waals surface area (Å²) in [5.41, 5.74) is 3.15. The van der Waals surface area contributed by atoms with Crippen LogP contribution in [0.2, 0.25) is 0 Å². The largest absolute Gasteiger partial charge is 0.477 e. The molecule has 0 saturated heterocycles. The number of aromatic carboxylic acids is 1. The van der Waals surface area contributed by atoms with E-state index in [2.05, 4.69) is 9.57 Å². The molecule has 150 valence electrons. The van der Waals surface area contributed by atoms with Gasteiger partial charge in [-0.1, -0.05) is 31.2 Å². The van der Waals surface area contributed by atoms with E-state index in [9.17, 15) is 18.3 Å². The molecule has 2 aromatic rings. The SMILES string of the molecule is [C-]#[N+]c1c(-c2ccc(CCNS(=O)(=O)C(C)C)cc2)c(C(=O)O)n(C)c1CC. The van der Waals surface area contributed by atoms with Gasteiger partial charge in [0.05, 0.1) is 11.8 Å². The van der Waals surface area contributed by atoms with E-state index in [4.69, 9.17) is 6.57 Å². The first-order valence-corrected chi connectivity index (χ1v) is 10.6. The third kappa shape index (κ3) is 4.26. The molecule has 0 spiro atoms. The third-order valence-corrected chi connectivity index (χ3v) is 6.56. The van der Waals surface area contributed by atoms with Gasteiger partial charge in [0, 0.05) is 24.8 Å². The number of hydrogen-bond donors (Lipinski definition) is 2. The van der Waals surface area contributed by atoms with Crippen molar-refractivity contribution in [1.29, 1.82) is 0 Å². The van der Waals surface area contributed by atoms with E-state index in [0.29, 0.717) is 41.9 Å². The number of hydrogen-bond acceptors (Lipinski definition) is 3. The van der Waals surface area contributed by atoms with Gasteiger partial charge in [-0.2, -0.15) is 0 Å². The molecule has 7 nitrogen and oxygen atoms in total. The first-order valence-electron chi connectivity index (χ1n) is 9.04. The number of rotatable bonds is 8. The highest BCUT2D eigenvalue weighted by atomic mass is 32.2. The zero-order valence-corrected chi connectivity index (χ0v) is 17.3. The Morgan fingerprint density at radius 3 is 2.36 bits per heavy atom. The average Bonchev–Trinajstić information content (AvgIpc) is 2.93. The van der Waals surface area contributed by atoms with Crippen molar-refractivity contribution in [2.45, 2.75) is 38.9 Å². The van der Waals surface area contributed by atoms with Crippen LogP contribution in [0.15, 0.2) is 24.3 Å². The fourth-order valence-electron chi connectivity index (χ4n) is 3.11. The molecule has 0 aliphatic carbocycles. The molecule has 0 aliphatic rings. The Morgan fingerprint density at radius 2 is 1.89 bits per heavy atom. The lowest BCUT2D eigenvalue weighted by atomic mass is 10.0. The van der Waals surface area contributed by atoms with Crippen molar-refractivity contribution >= 4 is 21.7 Å². The van der Waals surface area contributed by atoms with Crippen molar-refractivity contribution in [3.8, 4) is 11.1 Å². The molecule has 0 aliphatic heterocycles. The summed E-state index contributed by atoms with van der Waals surface area (Å²) >= 11 is 0. The fraction of sp³-hybridized carbons (Fsp3) is 0.400. The van der Waals surface area contributed by atoms with Crippen LogP contribution in [0, 0.1) is 6.57 Å². The summed E-state index contributed by atoms with van der Waals surface area (Å²) in [7, 11) is -1.64. The summed E-state index contributed by atoms with van der Waals surface area (Å²) in [6, 6.07) is 7.22. The molecule has 2 rings (SSSR count). The van der Waals surface area contributed by atoms with Crippen LogP contribution in [0.4, 0.5) is 5.69 Å². The van der Waals surface area contributed by atoms with Crippen molar-refractivity contribution in [3.05, 3.63) is 52.6 Å². The van der Waals surface area contributed by atoms with E-state index in [1.165, 1.54) is 0 Å².